The smallest absolute Gasteiger partial charge is 0.145 e. The molecule has 0 radical (unpaired) electrons. The molecule has 5 aromatic rings. The molecule has 2 heterocycles. The predicted octanol–water partition coefficient (Wildman–Crippen LogP) is 6.93. The summed E-state index contributed by atoms with van der Waals surface area (Å²) in [7, 11) is 0. The molecule has 0 bridgehead atoms. The first-order valence-corrected chi connectivity index (χ1v) is 9.15. The van der Waals surface area contributed by atoms with E-state index in [1.54, 1.807) is 0 Å². The first kappa shape index (κ1) is 15.8. The maximum absolute atomic E-state index is 6.36. The maximum atomic E-state index is 6.36. The van der Waals surface area contributed by atoms with Crippen LogP contribution in [0.2, 0.25) is 0 Å². The van der Waals surface area contributed by atoms with Crippen molar-refractivity contribution in [2.75, 3.05) is 0 Å². The van der Waals surface area contributed by atoms with Gasteiger partial charge < -0.3 is 4.42 Å². The lowest BCUT2D eigenvalue weighted by Crippen LogP contribution is -1.89. The van der Waals surface area contributed by atoms with Crippen LogP contribution in [-0.4, -0.2) is 4.98 Å². The molecule has 0 unspecified atom stereocenters. The van der Waals surface area contributed by atoms with Gasteiger partial charge in [0.1, 0.15) is 11.2 Å². The van der Waals surface area contributed by atoms with Crippen LogP contribution in [0.5, 0.6) is 0 Å². The number of benzene rings is 3. The molecule has 0 amide bonds. The minimum atomic E-state index is 0.914. The quantitative estimate of drug-likeness (QED) is 0.345. The van der Waals surface area contributed by atoms with E-state index in [1.807, 2.05) is 12.3 Å². The molecule has 0 saturated heterocycles. The van der Waals surface area contributed by atoms with Crippen molar-refractivity contribution in [3.05, 3.63) is 90.1 Å². The molecule has 0 fully saturated rings. The molecule has 2 heteroatoms. The molecule has 2 aromatic heterocycles. The number of fused-ring (bicyclic) bond motifs is 3. The van der Waals surface area contributed by atoms with Crippen molar-refractivity contribution < 1.29 is 4.42 Å². The van der Waals surface area contributed by atoms with Gasteiger partial charge >= 0.3 is 0 Å². The van der Waals surface area contributed by atoms with Crippen LogP contribution in [0.1, 0.15) is 11.1 Å². The molecule has 130 valence electrons. The number of aryl methyl sites for hydroxylation is 2. The topological polar surface area (TPSA) is 26.0 Å². The fourth-order valence-electron chi connectivity index (χ4n) is 3.80. The Morgan fingerprint density at radius 3 is 2.33 bits per heavy atom. The summed E-state index contributed by atoms with van der Waals surface area (Å²) in [5.41, 5.74) is 8.54. The van der Waals surface area contributed by atoms with Crippen molar-refractivity contribution in [1.82, 2.24) is 4.98 Å². The molecular weight excluding hydrogens is 330 g/mol. The molecule has 0 spiro atoms. The van der Waals surface area contributed by atoms with Crippen LogP contribution in [-0.2, 0) is 0 Å². The highest BCUT2D eigenvalue weighted by atomic mass is 16.3. The lowest BCUT2D eigenvalue weighted by molar-refractivity contribution is 0.666. The number of pyridine rings is 1. The largest absolute Gasteiger partial charge is 0.455 e. The maximum Gasteiger partial charge on any atom is 0.145 e. The highest BCUT2D eigenvalue weighted by Gasteiger charge is 2.16. The first-order valence-electron chi connectivity index (χ1n) is 9.15. The van der Waals surface area contributed by atoms with Crippen molar-refractivity contribution in [3.63, 3.8) is 0 Å². The SMILES string of the molecule is Cc1ccc2c(oc3c(C)cccc32)c1-c1cc(-c2ccccc2)ccn1. The van der Waals surface area contributed by atoms with Crippen LogP contribution in [0.3, 0.4) is 0 Å². The van der Waals surface area contributed by atoms with Gasteiger partial charge in [0.05, 0.1) is 5.69 Å². The standard InChI is InChI=1S/C25H19NO/c1-16-11-12-21-20-10-6-7-17(2)24(20)27-25(21)23(16)22-15-19(13-14-26-22)18-8-4-3-5-9-18/h3-15H,1-2H3. The molecule has 3 aromatic carbocycles. The second kappa shape index (κ2) is 6.10. The van der Waals surface area contributed by atoms with Crippen molar-refractivity contribution in [2.24, 2.45) is 0 Å². The Balaban J connectivity index is 1.79. The molecule has 0 aliphatic carbocycles. The Bertz CT molecular complexity index is 1280. The zero-order valence-corrected chi connectivity index (χ0v) is 15.4. The second-order valence-electron chi connectivity index (χ2n) is 6.98. The lowest BCUT2D eigenvalue weighted by atomic mass is 9.98. The Labute approximate surface area is 158 Å². The van der Waals surface area contributed by atoms with Gasteiger partial charge in [-0.2, -0.15) is 0 Å². The summed E-state index contributed by atoms with van der Waals surface area (Å²) < 4.78 is 6.36. The van der Waals surface area contributed by atoms with Gasteiger partial charge in [-0.15, -0.1) is 0 Å². The lowest BCUT2D eigenvalue weighted by Gasteiger charge is -2.08. The van der Waals surface area contributed by atoms with E-state index >= 15 is 0 Å². The van der Waals surface area contributed by atoms with Gasteiger partial charge in [-0.1, -0.05) is 60.7 Å². The van der Waals surface area contributed by atoms with Crippen molar-refractivity contribution in [1.29, 1.82) is 0 Å². The Morgan fingerprint density at radius 2 is 1.48 bits per heavy atom. The molecule has 0 saturated carbocycles. The van der Waals surface area contributed by atoms with Gasteiger partial charge in [0, 0.05) is 22.5 Å². The monoisotopic (exact) mass is 349 g/mol. The van der Waals surface area contributed by atoms with E-state index in [4.69, 9.17) is 4.42 Å². The third-order valence-corrected chi connectivity index (χ3v) is 5.20. The second-order valence-corrected chi connectivity index (χ2v) is 6.98. The van der Waals surface area contributed by atoms with Crippen LogP contribution < -0.4 is 0 Å². The van der Waals surface area contributed by atoms with Gasteiger partial charge in [0.15, 0.2) is 0 Å². The van der Waals surface area contributed by atoms with E-state index in [2.05, 4.69) is 85.6 Å². The molecule has 27 heavy (non-hydrogen) atoms. The molecule has 2 nitrogen and oxygen atoms in total. The van der Waals surface area contributed by atoms with Gasteiger partial charge in [-0.05, 0) is 48.2 Å². The summed E-state index contributed by atoms with van der Waals surface area (Å²) >= 11 is 0. The zero-order chi connectivity index (χ0) is 18.4. The number of nitrogens with zero attached hydrogens (tertiary/aromatic N) is 1. The third kappa shape index (κ3) is 2.53. The fourth-order valence-corrected chi connectivity index (χ4v) is 3.80. The van der Waals surface area contributed by atoms with Gasteiger partial charge in [0.2, 0.25) is 0 Å². The summed E-state index contributed by atoms with van der Waals surface area (Å²) in [5.74, 6) is 0. The summed E-state index contributed by atoms with van der Waals surface area (Å²) in [5, 5.41) is 2.30. The van der Waals surface area contributed by atoms with Crippen LogP contribution in [0.15, 0.2) is 83.4 Å². The number of furan rings is 1. The summed E-state index contributed by atoms with van der Waals surface area (Å²) in [6.45, 7) is 4.21. The number of hydrogen-bond acceptors (Lipinski definition) is 2. The molecule has 0 atom stereocenters. The first-order chi connectivity index (χ1) is 13.2. The summed E-state index contributed by atoms with van der Waals surface area (Å²) in [6, 6.07) is 25.2. The zero-order valence-electron chi connectivity index (χ0n) is 15.4. The van der Waals surface area contributed by atoms with Crippen LogP contribution in [0, 0.1) is 13.8 Å². The van der Waals surface area contributed by atoms with Crippen molar-refractivity contribution >= 4 is 21.9 Å². The van der Waals surface area contributed by atoms with Gasteiger partial charge in [0.25, 0.3) is 0 Å². The number of hydrogen-bond donors (Lipinski definition) is 0. The normalized spacial score (nSPS) is 11.3. The molecular formula is C25H19NO. The number of aromatic nitrogens is 1. The van der Waals surface area contributed by atoms with Crippen LogP contribution in [0.25, 0.3) is 44.3 Å². The summed E-state index contributed by atoms with van der Waals surface area (Å²) in [4.78, 5) is 4.68. The highest BCUT2D eigenvalue weighted by molar-refractivity contribution is 6.10. The molecule has 5 rings (SSSR count). The van der Waals surface area contributed by atoms with Crippen LogP contribution in [0.4, 0.5) is 0 Å². The third-order valence-electron chi connectivity index (χ3n) is 5.20. The average molecular weight is 349 g/mol. The van der Waals surface area contributed by atoms with E-state index in [0.29, 0.717) is 0 Å². The van der Waals surface area contributed by atoms with E-state index in [-0.39, 0.29) is 0 Å². The minimum absolute atomic E-state index is 0.914. The van der Waals surface area contributed by atoms with E-state index in [9.17, 15) is 0 Å². The minimum Gasteiger partial charge on any atom is -0.455 e. The Kier molecular flexibility index (Phi) is 3.58. The van der Waals surface area contributed by atoms with E-state index in [0.717, 1.165) is 49.9 Å². The molecule has 0 N–H and O–H groups in total. The van der Waals surface area contributed by atoms with Gasteiger partial charge in [-0.3, -0.25) is 4.98 Å². The van der Waals surface area contributed by atoms with Gasteiger partial charge in [-0.25, -0.2) is 0 Å². The van der Waals surface area contributed by atoms with Crippen LogP contribution >= 0.6 is 0 Å². The average Bonchev–Trinajstić information content (AvgIpc) is 3.09. The van der Waals surface area contributed by atoms with E-state index < -0.39 is 0 Å². The van der Waals surface area contributed by atoms with Crippen molar-refractivity contribution in [3.8, 4) is 22.4 Å². The van der Waals surface area contributed by atoms with E-state index in [1.165, 1.54) is 5.56 Å². The molecule has 0 aliphatic heterocycles. The highest BCUT2D eigenvalue weighted by Crippen LogP contribution is 2.38. The Hall–Kier alpha value is -3.39. The predicted molar refractivity (Wildman–Crippen MR) is 112 cm³/mol. The fraction of sp³-hybridized carbons (Fsp3) is 0.0800. The summed E-state index contributed by atoms with van der Waals surface area (Å²) in [6.07, 6.45) is 1.88. The van der Waals surface area contributed by atoms with Crippen molar-refractivity contribution in [2.45, 2.75) is 13.8 Å². The number of para-hydroxylation sites is 1. The molecule has 0 aliphatic rings. The Morgan fingerprint density at radius 1 is 0.667 bits per heavy atom. The number of rotatable bonds is 2.